The molecule has 0 amide bonds. The Hall–Kier alpha value is 0.0500. The summed E-state index contributed by atoms with van der Waals surface area (Å²) in [4.78, 5) is 9.70. The zero-order valence-electron chi connectivity index (χ0n) is 4.23. The van der Waals surface area contributed by atoms with Crippen molar-refractivity contribution in [2.24, 2.45) is 0 Å². The fraction of sp³-hybridized carbons (Fsp3) is 0.750. The van der Waals surface area contributed by atoms with Crippen molar-refractivity contribution in [3.8, 4) is 0 Å². The summed E-state index contributed by atoms with van der Waals surface area (Å²) >= 11 is 5.18. The van der Waals surface area contributed by atoms with E-state index in [2.05, 4.69) is 0 Å². The second kappa shape index (κ2) is 7.05. The second-order valence-corrected chi connectivity index (χ2v) is 1.56. The van der Waals surface area contributed by atoms with Crippen LogP contribution in [0.4, 0.5) is 0 Å². The summed E-state index contributed by atoms with van der Waals surface area (Å²) in [6.45, 7) is 0. The van der Waals surface area contributed by atoms with Crippen LogP contribution in [0.25, 0.3) is 0 Å². The number of carboxylic acid groups (broad SMARTS) is 1. The molecule has 50 valence electrons. The topological polar surface area (TPSA) is 37.3 Å². The van der Waals surface area contributed by atoms with Crippen molar-refractivity contribution in [2.45, 2.75) is 12.8 Å². The third kappa shape index (κ3) is 9.41. The minimum atomic E-state index is -0.777. The summed E-state index contributed by atoms with van der Waals surface area (Å²) in [6, 6.07) is 0. The lowest BCUT2D eigenvalue weighted by atomic mass is 10.3. The van der Waals surface area contributed by atoms with E-state index in [-0.39, 0.29) is 18.8 Å². The van der Waals surface area contributed by atoms with Gasteiger partial charge >= 0.3 is 5.97 Å². The van der Waals surface area contributed by atoms with Gasteiger partial charge in [0.25, 0.3) is 0 Å². The summed E-state index contributed by atoms with van der Waals surface area (Å²) in [6.07, 6.45) is 0.750. The minimum absolute atomic E-state index is 0. The predicted octanol–water partition coefficient (Wildman–Crippen LogP) is -1.91. The van der Waals surface area contributed by atoms with Gasteiger partial charge in [0.05, 0.1) is 0 Å². The first kappa shape index (κ1) is 10.9. The van der Waals surface area contributed by atoms with Crippen molar-refractivity contribution >= 4 is 17.6 Å². The van der Waals surface area contributed by atoms with Crippen LogP contribution < -0.4 is 12.4 Å². The van der Waals surface area contributed by atoms with E-state index in [1.807, 2.05) is 0 Å². The molecule has 0 aliphatic rings. The maximum absolute atomic E-state index is 9.70. The Kier molecular flexibility index (Phi) is 9.63. The number of aliphatic carboxylic acids is 1. The van der Waals surface area contributed by atoms with Crippen LogP contribution in [-0.2, 0) is 4.79 Å². The average Bonchev–Trinajstić information content (AvgIpc) is 1.61. The second-order valence-electron chi connectivity index (χ2n) is 1.19. The van der Waals surface area contributed by atoms with E-state index in [9.17, 15) is 4.79 Å². The highest BCUT2D eigenvalue weighted by atomic mass is 35.5. The van der Waals surface area contributed by atoms with Gasteiger partial charge in [-0.15, -0.1) is 11.6 Å². The summed E-state index contributed by atoms with van der Waals surface area (Å²) < 4.78 is 0. The molecule has 0 rings (SSSR count). The SMILES string of the molecule is O=C(O)CCCCl.[Cl-]. The number of hydrogen-bond acceptors (Lipinski definition) is 1. The summed E-state index contributed by atoms with van der Waals surface area (Å²) in [7, 11) is 0. The van der Waals surface area contributed by atoms with Gasteiger partial charge in [0.1, 0.15) is 0 Å². The van der Waals surface area contributed by atoms with E-state index in [4.69, 9.17) is 16.7 Å². The molecule has 0 spiro atoms. The van der Waals surface area contributed by atoms with Crippen molar-refractivity contribution in [3.05, 3.63) is 0 Å². The molecule has 1 N–H and O–H groups in total. The van der Waals surface area contributed by atoms with Crippen molar-refractivity contribution in [3.63, 3.8) is 0 Å². The zero-order chi connectivity index (χ0) is 5.70. The van der Waals surface area contributed by atoms with Gasteiger partial charge in [-0.3, -0.25) is 4.79 Å². The Balaban J connectivity index is 0. The molecule has 0 fully saturated rings. The van der Waals surface area contributed by atoms with Crippen LogP contribution in [0, 0.1) is 0 Å². The van der Waals surface area contributed by atoms with Crippen molar-refractivity contribution in [2.75, 3.05) is 5.88 Å². The smallest absolute Gasteiger partial charge is 0.303 e. The molecule has 0 aromatic heterocycles. The summed E-state index contributed by atoms with van der Waals surface area (Å²) in [5, 5.41) is 7.99. The van der Waals surface area contributed by atoms with Crippen molar-refractivity contribution in [1.29, 1.82) is 0 Å². The van der Waals surface area contributed by atoms with E-state index in [0.717, 1.165) is 0 Å². The Morgan fingerprint density at radius 2 is 2.12 bits per heavy atom. The standard InChI is InChI=1S/C4H7ClO2.ClH/c5-3-1-2-4(6)7;/h1-3H2,(H,6,7);1H/p-1. The average molecular weight is 158 g/mol. The summed E-state index contributed by atoms with van der Waals surface area (Å²) in [5.74, 6) is -0.340. The molecule has 0 saturated carbocycles. The van der Waals surface area contributed by atoms with Gasteiger partial charge < -0.3 is 17.5 Å². The monoisotopic (exact) mass is 157 g/mol. The molecule has 0 unspecified atom stereocenters. The molecule has 0 aromatic carbocycles. The fourth-order valence-corrected chi connectivity index (χ4v) is 0.352. The molecule has 0 heterocycles. The van der Waals surface area contributed by atoms with Gasteiger partial charge in [0.2, 0.25) is 0 Å². The molecular weight excluding hydrogens is 151 g/mol. The first-order chi connectivity index (χ1) is 3.27. The van der Waals surface area contributed by atoms with Crippen molar-refractivity contribution in [1.82, 2.24) is 0 Å². The van der Waals surface area contributed by atoms with Gasteiger partial charge in [-0.05, 0) is 6.42 Å². The predicted molar refractivity (Wildman–Crippen MR) is 27.6 cm³/mol. The molecule has 0 aliphatic carbocycles. The molecule has 0 atom stereocenters. The van der Waals surface area contributed by atoms with E-state index < -0.39 is 5.97 Å². The molecule has 0 bridgehead atoms. The highest BCUT2D eigenvalue weighted by molar-refractivity contribution is 6.17. The van der Waals surface area contributed by atoms with Gasteiger partial charge in [-0.25, -0.2) is 0 Å². The van der Waals surface area contributed by atoms with E-state index in [1.165, 1.54) is 0 Å². The Morgan fingerprint density at radius 3 is 2.25 bits per heavy atom. The Bertz CT molecular complexity index is 65.1. The quantitative estimate of drug-likeness (QED) is 0.487. The first-order valence-corrected chi connectivity index (χ1v) is 2.58. The third-order valence-electron chi connectivity index (χ3n) is 0.524. The Labute approximate surface area is 59.2 Å². The van der Waals surface area contributed by atoms with Crippen LogP contribution in [0.15, 0.2) is 0 Å². The molecule has 8 heavy (non-hydrogen) atoms. The number of hydrogen-bond donors (Lipinski definition) is 1. The number of carbonyl (C=O) groups is 1. The van der Waals surface area contributed by atoms with Gasteiger partial charge in [-0.1, -0.05) is 0 Å². The number of rotatable bonds is 3. The number of carboxylic acids is 1. The number of halogens is 2. The summed E-state index contributed by atoms with van der Waals surface area (Å²) in [5.41, 5.74) is 0. The molecule has 0 radical (unpaired) electrons. The lowest BCUT2D eigenvalue weighted by Gasteiger charge is -1.84. The molecule has 0 aromatic rings. The maximum atomic E-state index is 9.70. The van der Waals surface area contributed by atoms with Crippen LogP contribution in [0.1, 0.15) is 12.8 Å². The van der Waals surface area contributed by atoms with E-state index in [0.29, 0.717) is 12.3 Å². The van der Waals surface area contributed by atoms with Crippen LogP contribution in [0.3, 0.4) is 0 Å². The molecule has 0 aliphatic heterocycles. The van der Waals surface area contributed by atoms with Crippen LogP contribution in [0.2, 0.25) is 0 Å². The van der Waals surface area contributed by atoms with Gasteiger partial charge in [0, 0.05) is 12.3 Å². The molecular formula is C4H7Cl2O2-. The molecule has 4 heteroatoms. The van der Waals surface area contributed by atoms with Crippen LogP contribution in [0.5, 0.6) is 0 Å². The van der Waals surface area contributed by atoms with Crippen molar-refractivity contribution < 1.29 is 22.3 Å². The highest BCUT2D eigenvalue weighted by Crippen LogP contribution is 1.89. The maximum Gasteiger partial charge on any atom is 0.303 e. The lowest BCUT2D eigenvalue weighted by Crippen LogP contribution is -3.00. The van der Waals surface area contributed by atoms with E-state index >= 15 is 0 Å². The highest BCUT2D eigenvalue weighted by Gasteiger charge is 1.91. The van der Waals surface area contributed by atoms with Crippen LogP contribution in [-0.4, -0.2) is 17.0 Å². The minimum Gasteiger partial charge on any atom is -1.00 e. The third-order valence-corrected chi connectivity index (χ3v) is 0.792. The zero-order valence-corrected chi connectivity index (χ0v) is 5.74. The largest absolute Gasteiger partial charge is 1.00 e. The Morgan fingerprint density at radius 1 is 1.62 bits per heavy atom. The lowest BCUT2D eigenvalue weighted by molar-refractivity contribution is -0.137. The molecule has 2 nitrogen and oxygen atoms in total. The molecule has 0 saturated heterocycles. The normalized spacial score (nSPS) is 7.62. The van der Waals surface area contributed by atoms with Gasteiger partial charge in [0.15, 0.2) is 0 Å². The van der Waals surface area contributed by atoms with E-state index in [1.54, 1.807) is 0 Å². The van der Waals surface area contributed by atoms with Gasteiger partial charge in [-0.2, -0.15) is 0 Å². The van der Waals surface area contributed by atoms with Crippen LogP contribution >= 0.6 is 11.6 Å². The number of alkyl halides is 1. The first-order valence-electron chi connectivity index (χ1n) is 2.05. The fourth-order valence-electron chi connectivity index (χ4n) is 0.218.